The van der Waals surface area contributed by atoms with Gasteiger partial charge >= 0.3 is 0 Å². The minimum absolute atomic E-state index is 0.447. The zero-order chi connectivity index (χ0) is 16.8. The Hall–Kier alpha value is -2.23. The number of rotatable bonds is 6. The molecule has 3 nitrogen and oxygen atoms in total. The highest BCUT2D eigenvalue weighted by Gasteiger charge is 2.01. The summed E-state index contributed by atoms with van der Waals surface area (Å²) in [7, 11) is 0. The van der Waals surface area contributed by atoms with Gasteiger partial charge in [-0.1, -0.05) is 47.5 Å². The number of hydrogen-bond donors (Lipinski definition) is 1. The molecule has 1 N–H and O–H groups in total. The van der Waals surface area contributed by atoms with E-state index in [0.717, 1.165) is 22.7 Å². The topological polar surface area (TPSA) is 34.1 Å². The number of halogens is 2. The fourth-order valence-electron chi connectivity index (χ4n) is 2.16. The number of anilines is 1. The maximum Gasteiger partial charge on any atom is 0.126 e. The van der Waals surface area contributed by atoms with Crippen molar-refractivity contribution in [3.8, 4) is 5.75 Å². The third-order valence-corrected chi connectivity index (χ3v) is 4.19. The van der Waals surface area contributed by atoms with Crippen LogP contribution in [0.3, 0.4) is 0 Å². The summed E-state index contributed by atoms with van der Waals surface area (Å²) in [6, 6.07) is 19.2. The quantitative estimate of drug-likeness (QED) is 0.624. The molecule has 0 unspecified atom stereocenters. The smallest absolute Gasteiger partial charge is 0.126 e. The Balaban J connectivity index is 1.53. The lowest BCUT2D eigenvalue weighted by Gasteiger charge is -2.09. The number of hydrogen-bond acceptors (Lipinski definition) is 3. The summed E-state index contributed by atoms with van der Waals surface area (Å²) in [5.74, 6) is 1.67. The lowest BCUT2D eigenvalue weighted by Crippen LogP contribution is -2.01. The van der Waals surface area contributed by atoms with E-state index >= 15 is 0 Å². The van der Waals surface area contributed by atoms with Crippen LogP contribution in [0.15, 0.2) is 66.9 Å². The number of nitrogens with zero attached hydrogens (tertiary/aromatic N) is 1. The van der Waals surface area contributed by atoms with Gasteiger partial charge in [0.15, 0.2) is 0 Å². The van der Waals surface area contributed by atoms with Crippen LogP contribution in [0.4, 0.5) is 5.82 Å². The molecule has 0 saturated heterocycles. The molecule has 0 aliphatic carbocycles. The van der Waals surface area contributed by atoms with E-state index in [9.17, 15) is 0 Å². The van der Waals surface area contributed by atoms with Crippen molar-refractivity contribution in [2.45, 2.75) is 13.2 Å². The van der Waals surface area contributed by atoms with E-state index in [0.29, 0.717) is 23.2 Å². The van der Waals surface area contributed by atoms with Crippen molar-refractivity contribution in [3.63, 3.8) is 0 Å². The average Bonchev–Trinajstić information content (AvgIpc) is 2.63. The maximum atomic E-state index is 6.00. The Morgan fingerprint density at radius 3 is 2.38 bits per heavy atom. The van der Waals surface area contributed by atoms with Gasteiger partial charge in [-0.25, -0.2) is 4.98 Å². The van der Waals surface area contributed by atoms with Crippen LogP contribution in [0.1, 0.15) is 11.1 Å². The Labute approximate surface area is 151 Å². The normalized spacial score (nSPS) is 10.4. The lowest BCUT2D eigenvalue weighted by atomic mass is 10.2. The second-order valence-electron chi connectivity index (χ2n) is 5.25. The average molecular weight is 359 g/mol. The first kappa shape index (κ1) is 16.6. The molecular weight excluding hydrogens is 343 g/mol. The fraction of sp³-hybridized carbons (Fsp3) is 0.105. The van der Waals surface area contributed by atoms with Crippen LogP contribution in [-0.2, 0) is 13.2 Å². The molecule has 0 aliphatic heterocycles. The lowest BCUT2D eigenvalue weighted by molar-refractivity contribution is 0.306. The summed E-state index contributed by atoms with van der Waals surface area (Å²) in [5, 5.41) is 4.35. The molecule has 0 spiro atoms. The molecule has 0 saturated carbocycles. The first-order valence-corrected chi connectivity index (χ1v) is 8.27. The van der Waals surface area contributed by atoms with Crippen molar-refractivity contribution < 1.29 is 4.74 Å². The van der Waals surface area contributed by atoms with E-state index in [1.165, 1.54) is 0 Å². The van der Waals surface area contributed by atoms with E-state index in [1.807, 2.05) is 54.6 Å². The second-order valence-corrected chi connectivity index (χ2v) is 6.06. The Kier molecular flexibility index (Phi) is 5.57. The third-order valence-electron chi connectivity index (χ3n) is 3.45. The van der Waals surface area contributed by atoms with E-state index < -0.39 is 0 Å². The van der Waals surface area contributed by atoms with Crippen LogP contribution >= 0.6 is 23.2 Å². The van der Waals surface area contributed by atoms with Crippen molar-refractivity contribution >= 4 is 29.0 Å². The van der Waals surface area contributed by atoms with Crippen LogP contribution in [0.2, 0.25) is 10.0 Å². The van der Waals surface area contributed by atoms with E-state index in [4.69, 9.17) is 27.9 Å². The number of nitrogens with one attached hydrogen (secondary N) is 1. The van der Waals surface area contributed by atoms with Crippen LogP contribution in [0.25, 0.3) is 0 Å². The summed E-state index contributed by atoms with van der Waals surface area (Å²) in [6.07, 6.45) is 1.77. The summed E-state index contributed by atoms with van der Waals surface area (Å²) in [4.78, 5) is 4.23. The monoisotopic (exact) mass is 358 g/mol. The fourth-order valence-corrected chi connectivity index (χ4v) is 2.48. The molecule has 24 heavy (non-hydrogen) atoms. The van der Waals surface area contributed by atoms with E-state index in [-0.39, 0.29) is 0 Å². The molecule has 1 heterocycles. The van der Waals surface area contributed by atoms with Gasteiger partial charge in [0.05, 0.1) is 10.0 Å². The molecule has 2 aromatic carbocycles. The number of pyridine rings is 1. The largest absolute Gasteiger partial charge is 0.489 e. The zero-order valence-corrected chi connectivity index (χ0v) is 14.4. The highest BCUT2D eigenvalue weighted by atomic mass is 35.5. The predicted octanol–water partition coefficient (Wildman–Crippen LogP) is 5.58. The van der Waals surface area contributed by atoms with Gasteiger partial charge in [0.2, 0.25) is 0 Å². The second kappa shape index (κ2) is 8.04. The molecule has 0 radical (unpaired) electrons. The molecule has 0 amide bonds. The van der Waals surface area contributed by atoms with Gasteiger partial charge in [0.25, 0.3) is 0 Å². The van der Waals surface area contributed by atoms with Crippen LogP contribution in [0.5, 0.6) is 5.75 Å². The molecule has 1 aromatic heterocycles. The molecule has 122 valence electrons. The van der Waals surface area contributed by atoms with Gasteiger partial charge in [-0.3, -0.25) is 0 Å². The van der Waals surface area contributed by atoms with Gasteiger partial charge in [-0.2, -0.15) is 0 Å². The number of benzene rings is 2. The molecule has 3 aromatic rings. The maximum absolute atomic E-state index is 6.00. The van der Waals surface area contributed by atoms with Crippen LogP contribution < -0.4 is 10.1 Å². The summed E-state index contributed by atoms with van der Waals surface area (Å²) in [5.41, 5.74) is 2.13. The standard InChI is InChI=1S/C19H16Cl2N2O/c20-17-9-6-15(11-18(17)21)13-24-16-7-4-14(5-8-16)12-23-19-3-1-2-10-22-19/h1-11H,12-13H2,(H,22,23). The van der Waals surface area contributed by atoms with Crippen molar-refractivity contribution in [1.29, 1.82) is 0 Å². The minimum atomic E-state index is 0.447. The number of aromatic nitrogens is 1. The van der Waals surface area contributed by atoms with Crippen molar-refractivity contribution in [2.75, 3.05) is 5.32 Å². The first-order valence-electron chi connectivity index (χ1n) is 7.51. The zero-order valence-electron chi connectivity index (χ0n) is 12.9. The highest BCUT2D eigenvalue weighted by Crippen LogP contribution is 2.23. The van der Waals surface area contributed by atoms with Crippen molar-refractivity contribution in [1.82, 2.24) is 4.98 Å². The first-order chi connectivity index (χ1) is 11.7. The van der Waals surface area contributed by atoms with E-state index in [1.54, 1.807) is 12.3 Å². The molecule has 5 heteroatoms. The van der Waals surface area contributed by atoms with Gasteiger partial charge in [0.1, 0.15) is 18.2 Å². The van der Waals surface area contributed by atoms with Gasteiger partial charge in [-0.05, 0) is 47.5 Å². The number of ether oxygens (including phenoxy) is 1. The third kappa shape index (κ3) is 4.63. The molecule has 0 bridgehead atoms. The molecule has 0 fully saturated rings. The Morgan fingerprint density at radius 2 is 1.67 bits per heavy atom. The van der Waals surface area contributed by atoms with Crippen molar-refractivity contribution in [2.24, 2.45) is 0 Å². The van der Waals surface area contributed by atoms with Gasteiger partial charge < -0.3 is 10.1 Å². The van der Waals surface area contributed by atoms with Gasteiger partial charge in [-0.15, -0.1) is 0 Å². The summed E-state index contributed by atoms with van der Waals surface area (Å²) < 4.78 is 5.77. The SMILES string of the molecule is Clc1ccc(COc2ccc(CNc3ccccn3)cc2)cc1Cl. The molecule has 0 atom stereocenters. The van der Waals surface area contributed by atoms with Crippen LogP contribution in [0, 0.1) is 0 Å². The molecule has 0 aliphatic rings. The summed E-state index contributed by atoms with van der Waals surface area (Å²) in [6.45, 7) is 1.16. The van der Waals surface area contributed by atoms with Crippen LogP contribution in [-0.4, -0.2) is 4.98 Å². The summed E-state index contributed by atoms with van der Waals surface area (Å²) >= 11 is 11.9. The van der Waals surface area contributed by atoms with Gasteiger partial charge in [0, 0.05) is 12.7 Å². The van der Waals surface area contributed by atoms with Crippen molar-refractivity contribution in [3.05, 3.63) is 88.0 Å². The molecule has 3 rings (SSSR count). The Bertz CT molecular complexity index is 792. The van der Waals surface area contributed by atoms with E-state index in [2.05, 4.69) is 10.3 Å². The predicted molar refractivity (Wildman–Crippen MR) is 98.8 cm³/mol. The highest BCUT2D eigenvalue weighted by molar-refractivity contribution is 6.42. The Morgan fingerprint density at radius 1 is 0.875 bits per heavy atom. The molecular formula is C19H16Cl2N2O. The minimum Gasteiger partial charge on any atom is -0.489 e.